The van der Waals surface area contributed by atoms with Crippen molar-refractivity contribution in [1.29, 1.82) is 0 Å². The monoisotopic (exact) mass is 347 g/mol. The van der Waals surface area contributed by atoms with Gasteiger partial charge in [0.05, 0.1) is 16.7 Å². The predicted molar refractivity (Wildman–Crippen MR) is 97.5 cm³/mol. The summed E-state index contributed by atoms with van der Waals surface area (Å²) in [6.07, 6.45) is 0.914. The molecule has 0 saturated carbocycles. The van der Waals surface area contributed by atoms with Crippen LogP contribution in [0, 0.1) is 0 Å². The van der Waals surface area contributed by atoms with Gasteiger partial charge in [-0.05, 0) is 36.2 Å². The molecule has 0 fully saturated rings. The van der Waals surface area contributed by atoms with Gasteiger partial charge in [0.1, 0.15) is 10.6 Å². The number of nitrogens with zero attached hydrogens (tertiary/aromatic N) is 3. The van der Waals surface area contributed by atoms with E-state index in [0.29, 0.717) is 21.2 Å². The van der Waals surface area contributed by atoms with Crippen LogP contribution in [0.1, 0.15) is 32.6 Å². The number of aryl methyl sites for hydroxylation is 1. The molecule has 5 nitrogen and oxygen atoms in total. The minimum absolute atomic E-state index is 0.274. The van der Waals surface area contributed by atoms with Gasteiger partial charge < -0.3 is 0 Å². The topological polar surface area (TPSA) is 54.7 Å². The molecule has 1 aliphatic rings. The van der Waals surface area contributed by atoms with Gasteiger partial charge in [-0.1, -0.05) is 42.5 Å². The van der Waals surface area contributed by atoms with Crippen LogP contribution in [0.3, 0.4) is 0 Å². The average Bonchev–Trinajstić information content (AvgIpc) is 3.24. The molecule has 122 valence electrons. The van der Waals surface area contributed by atoms with Crippen LogP contribution in [0.25, 0.3) is 16.0 Å². The number of aromatic nitrogens is 2. The number of carbonyl (C=O) groups excluding carboxylic acids is 2. The molecular weight excluding hydrogens is 334 g/mol. The maximum Gasteiger partial charge on any atom is 0.284 e. The van der Waals surface area contributed by atoms with Crippen LogP contribution >= 0.6 is 11.3 Å². The van der Waals surface area contributed by atoms with E-state index in [2.05, 4.69) is 11.9 Å². The Kier molecular flexibility index (Phi) is 2.87. The summed E-state index contributed by atoms with van der Waals surface area (Å²) in [4.78, 5) is 32.8. The lowest BCUT2D eigenvalue weighted by Gasteiger charge is -2.14. The molecule has 0 atom stereocenters. The fourth-order valence-electron chi connectivity index (χ4n) is 3.28. The summed E-state index contributed by atoms with van der Waals surface area (Å²) in [6.45, 7) is 2.07. The standard InChI is InChI=1S/C19H13N3O2S/c1-2-11-7-9-12(10-8-11)21-17(23)15-16(18(21)24)25-19-20-13-5-3-4-6-14(13)22(15)19/h3-10H,2H2,1H3. The second kappa shape index (κ2) is 5.00. The summed E-state index contributed by atoms with van der Waals surface area (Å²) in [7, 11) is 0. The Morgan fingerprint density at radius 3 is 2.52 bits per heavy atom. The number of thiazole rings is 1. The summed E-state index contributed by atoms with van der Waals surface area (Å²) >= 11 is 1.27. The van der Waals surface area contributed by atoms with E-state index < -0.39 is 0 Å². The lowest BCUT2D eigenvalue weighted by molar-refractivity contribution is 0.0925. The van der Waals surface area contributed by atoms with Gasteiger partial charge in [0, 0.05) is 0 Å². The molecule has 0 bridgehead atoms. The van der Waals surface area contributed by atoms with E-state index in [1.54, 1.807) is 4.40 Å². The smallest absolute Gasteiger partial charge is 0.277 e. The molecule has 25 heavy (non-hydrogen) atoms. The predicted octanol–water partition coefficient (Wildman–Crippen LogP) is 3.91. The Morgan fingerprint density at radius 1 is 1.00 bits per heavy atom. The van der Waals surface area contributed by atoms with Crippen molar-refractivity contribution < 1.29 is 9.59 Å². The maximum absolute atomic E-state index is 13.0. The van der Waals surface area contributed by atoms with E-state index in [0.717, 1.165) is 17.5 Å². The minimum Gasteiger partial charge on any atom is -0.277 e. The van der Waals surface area contributed by atoms with Crippen molar-refractivity contribution in [2.45, 2.75) is 13.3 Å². The Bertz CT molecular complexity index is 1170. The number of hydrogen-bond donors (Lipinski definition) is 0. The summed E-state index contributed by atoms with van der Waals surface area (Å²) < 4.78 is 1.80. The number of carbonyl (C=O) groups is 2. The minimum atomic E-state index is -0.293. The van der Waals surface area contributed by atoms with Gasteiger partial charge >= 0.3 is 0 Å². The highest BCUT2D eigenvalue weighted by molar-refractivity contribution is 7.19. The number of amides is 2. The highest BCUT2D eigenvalue weighted by atomic mass is 32.1. The number of benzene rings is 2. The molecule has 0 spiro atoms. The third-order valence-corrected chi connectivity index (χ3v) is 5.60. The summed E-state index contributed by atoms with van der Waals surface area (Å²) in [5.74, 6) is -0.567. The number of hydrogen-bond acceptors (Lipinski definition) is 4. The number of anilines is 1. The first-order valence-electron chi connectivity index (χ1n) is 8.06. The highest BCUT2D eigenvalue weighted by Gasteiger charge is 2.41. The second-order valence-corrected chi connectivity index (χ2v) is 6.94. The normalized spacial score (nSPS) is 14.0. The SMILES string of the molecule is CCc1ccc(N2C(=O)c3sc4nc5ccccc5n4c3C2=O)cc1. The number of imide groups is 1. The van der Waals surface area contributed by atoms with Crippen molar-refractivity contribution in [2.75, 3.05) is 4.90 Å². The maximum atomic E-state index is 13.0. The number of rotatable bonds is 2. The molecule has 0 N–H and O–H groups in total. The molecule has 6 heteroatoms. The van der Waals surface area contributed by atoms with Crippen LogP contribution < -0.4 is 4.90 Å². The number of fused-ring (bicyclic) bond motifs is 5. The van der Waals surface area contributed by atoms with E-state index in [-0.39, 0.29) is 11.8 Å². The second-order valence-electron chi connectivity index (χ2n) is 5.96. The molecule has 0 aliphatic carbocycles. The van der Waals surface area contributed by atoms with Gasteiger partial charge in [0.15, 0.2) is 4.96 Å². The first-order chi connectivity index (χ1) is 12.2. The molecule has 2 amide bonds. The van der Waals surface area contributed by atoms with Gasteiger partial charge in [-0.25, -0.2) is 9.88 Å². The van der Waals surface area contributed by atoms with Crippen LogP contribution in [-0.2, 0) is 6.42 Å². The van der Waals surface area contributed by atoms with Gasteiger partial charge in [0.25, 0.3) is 11.8 Å². The van der Waals surface area contributed by atoms with Crippen LogP contribution in [0.15, 0.2) is 48.5 Å². The molecule has 3 heterocycles. The average molecular weight is 347 g/mol. The molecule has 4 aromatic rings. The van der Waals surface area contributed by atoms with E-state index in [1.807, 2.05) is 48.5 Å². The lowest BCUT2D eigenvalue weighted by atomic mass is 10.1. The quantitative estimate of drug-likeness (QED) is 0.517. The molecule has 1 aliphatic heterocycles. The lowest BCUT2D eigenvalue weighted by Crippen LogP contribution is -2.29. The van der Waals surface area contributed by atoms with Crippen LogP contribution in [0.4, 0.5) is 5.69 Å². The van der Waals surface area contributed by atoms with Crippen molar-refractivity contribution in [3.63, 3.8) is 0 Å². The van der Waals surface area contributed by atoms with Gasteiger partial charge in [-0.3, -0.25) is 14.0 Å². The molecule has 5 rings (SSSR count). The molecule has 2 aromatic heterocycles. The zero-order chi connectivity index (χ0) is 17.1. The Morgan fingerprint density at radius 2 is 1.76 bits per heavy atom. The number of imidazole rings is 1. The molecule has 0 saturated heterocycles. The van der Waals surface area contributed by atoms with Crippen molar-refractivity contribution in [3.05, 3.63) is 64.7 Å². The summed E-state index contributed by atoms with van der Waals surface area (Å²) in [6, 6.07) is 15.2. The molecule has 0 unspecified atom stereocenters. The first-order valence-corrected chi connectivity index (χ1v) is 8.88. The van der Waals surface area contributed by atoms with Crippen LogP contribution in [0.2, 0.25) is 0 Å². The molecule has 0 radical (unpaired) electrons. The van der Waals surface area contributed by atoms with E-state index in [1.165, 1.54) is 21.8 Å². The van der Waals surface area contributed by atoms with Crippen molar-refractivity contribution in [3.8, 4) is 0 Å². The number of para-hydroxylation sites is 2. The third-order valence-electron chi connectivity index (χ3n) is 4.57. The highest BCUT2D eigenvalue weighted by Crippen LogP contribution is 2.36. The zero-order valence-electron chi connectivity index (χ0n) is 13.4. The third kappa shape index (κ3) is 1.85. The Hall–Kier alpha value is -2.99. The van der Waals surface area contributed by atoms with E-state index >= 15 is 0 Å². The Balaban J connectivity index is 1.70. The van der Waals surface area contributed by atoms with Gasteiger partial charge in [0.2, 0.25) is 0 Å². The Labute approximate surface area is 147 Å². The largest absolute Gasteiger partial charge is 0.284 e. The van der Waals surface area contributed by atoms with Crippen LogP contribution in [0.5, 0.6) is 0 Å². The van der Waals surface area contributed by atoms with Gasteiger partial charge in [-0.15, -0.1) is 0 Å². The molecular formula is C19H13N3O2S. The zero-order valence-corrected chi connectivity index (χ0v) is 14.2. The molecule has 2 aromatic carbocycles. The first kappa shape index (κ1) is 14.4. The van der Waals surface area contributed by atoms with Crippen LogP contribution in [-0.4, -0.2) is 21.2 Å². The van der Waals surface area contributed by atoms with Crippen molar-refractivity contribution in [1.82, 2.24) is 9.38 Å². The summed E-state index contributed by atoms with van der Waals surface area (Å²) in [5, 5.41) is 0. The fraction of sp³-hybridized carbons (Fsp3) is 0.105. The van der Waals surface area contributed by atoms with E-state index in [4.69, 9.17) is 0 Å². The summed E-state index contributed by atoms with van der Waals surface area (Å²) in [5.41, 5.74) is 3.86. The fourth-order valence-corrected chi connectivity index (χ4v) is 4.34. The van der Waals surface area contributed by atoms with Crippen molar-refractivity contribution in [2.24, 2.45) is 0 Å². The van der Waals surface area contributed by atoms with Crippen molar-refractivity contribution >= 4 is 44.8 Å². The van der Waals surface area contributed by atoms with E-state index in [9.17, 15) is 9.59 Å². The van der Waals surface area contributed by atoms with Gasteiger partial charge in [-0.2, -0.15) is 0 Å².